The molecule has 0 amide bonds. The van der Waals surface area contributed by atoms with E-state index < -0.39 is 22.9 Å². The number of hydrogen-bond donors (Lipinski definition) is 1. The molecule has 0 radical (unpaired) electrons. The molecular weight excluding hydrogens is 349 g/mol. The number of amidine groups is 1. The van der Waals surface area contributed by atoms with Crippen LogP contribution >= 0.6 is 15.9 Å². The SMILES string of the molecule is CC1(c2cc(Br)ccc2F)N=C(N)OC2(CCC2)C1(F)F. The van der Waals surface area contributed by atoms with Crippen LogP contribution in [0, 0.1) is 5.82 Å². The molecule has 114 valence electrons. The first-order valence-electron chi connectivity index (χ1n) is 6.60. The maximum atomic E-state index is 15.1. The fourth-order valence-corrected chi connectivity index (χ4v) is 3.40. The Kier molecular flexibility index (Phi) is 3.06. The monoisotopic (exact) mass is 362 g/mol. The van der Waals surface area contributed by atoms with Crippen molar-refractivity contribution in [3.05, 3.63) is 34.1 Å². The lowest BCUT2D eigenvalue weighted by molar-refractivity contribution is -0.252. The van der Waals surface area contributed by atoms with E-state index >= 15 is 8.78 Å². The molecule has 2 N–H and O–H groups in total. The zero-order valence-corrected chi connectivity index (χ0v) is 12.9. The Morgan fingerprint density at radius 2 is 2.00 bits per heavy atom. The molecular formula is C14H14BrF3N2O. The highest BCUT2D eigenvalue weighted by Crippen LogP contribution is 2.58. The lowest BCUT2D eigenvalue weighted by Crippen LogP contribution is -2.67. The van der Waals surface area contributed by atoms with Gasteiger partial charge in [-0.05, 0) is 44.4 Å². The van der Waals surface area contributed by atoms with Crippen LogP contribution in [-0.2, 0) is 10.3 Å². The normalized spacial score (nSPS) is 29.5. The van der Waals surface area contributed by atoms with Gasteiger partial charge in [-0.15, -0.1) is 0 Å². The van der Waals surface area contributed by atoms with Crippen molar-refractivity contribution in [2.45, 2.75) is 43.2 Å². The highest BCUT2D eigenvalue weighted by Gasteiger charge is 2.71. The summed E-state index contributed by atoms with van der Waals surface area (Å²) in [6.07, 6.45) is 0.989. The zero-order valence-electron chi connectivity index (χ0n) is 11.3. The Labute approximate surface area is 128 Å². The van der Waals surface area contributed by atoms with Gasteiger partial charge in [-0.2, -0.15) is 8.78 Å². The second-order valence-electron chi connectivity index (χ2n) is 5.67. The van der Waals surface area contributed by atoms with Crippen LogP contribution in [0.2, 0.25) is 0 Å². The van der Waals surface area contributed by atoms with Crippen molar-refractivity contribution in [3.8, 4) is 0 Å². The first-order valence-corrected chi connectivity index (χ1v) is 7.39. The Hall–Kier alpha value is -1.24. The molecule has 0 bridgehead atoms. The van der Waals surface area contributed by atoms with Crippen molar-refractivity contribution < 1.29 is 17.9 Å². The first-order chi connectivity index (χ1) is 9.72. The largest absolute Gasteiger partial charge is 0.452 e. The van der Waals surface area contributed by atoms with Crippen molar-refractivity contribution in [1.29, 1.82) is 0 Å². The summed E-state index contributed by atoms with van der Waals surface area (Å²) in [5, 5.41) is 0. The van der Waals surface area contributed by atoms with E-state index in [1.165, 1.54) is 19.1 Å². The molecule has 21 heavy (non-hydrogen) atoms. The topological polar surface area (TPSA) is 47.6 Å². The van der Waals surface area contributed by atoms with E-state index in [9.17, 15) is 4.39 Å². The third-order valence-corrected chi connectivity index (χ3v) is 4.92. The van der Waals surface area contributed by atoms with Gasteiger partial charge < -0.3 is 10.5 Å². The van der Waals surface area contributed by atoms with Crippen molar-refractivity contribution in [2.24, 2.45) is 10.7 Å². The van der Waals surface area contributed by atoms with Crippen LogP contribution in [0.5, 0.6) is 0 Å². The third kappa shape index (κ3) is 1.82. The second kappa shape index (κ2) is 4.38. The average Bonchev–Trinajstić information content (AvgIpc) is 2.34. The Morgan fingerprint density at radius 1 is 1.33 bits per heavy atom. The van der Waals surface area contributed by atoms with Crippen molar-refractivity contribution in [1.82, 2.24) is 0 Å². The summed E-state index contributed by atoms with van der Waals surface area (Å²) in [5.41, 5.74) is 1.64. The number of hydrogen-bond acceptors (Lipinski definition) is 3. The lowest BCUT2D eigenvalue weighted by Gasteiger charge is -2.54. The number of nitrogens with two attached hydrogens (primary N) is 1. The molecule has 7 heteroatoms. The minimum Gasteiger partial charge on any atom is -0.452 e. The summed E-state index contributed by atoms with van der Waals surface area (Å²) in [7, 11) is 0. The summed E-state index contributed by atoms with van der Waals surface area (Å²) in [6, 6.07) is 3.58. The standard InChI is InChI=1S/C14H14BrF3N2O/c1-12(9-7-8(15)3-4-10(9)16)14(17,18)13(5-2-6-13)21-11(19)20-12/h3-4,7H,2,5-6H2,1H3,(H2,19,20). The van der Waals surface area contributed by atoms with Gasteiger partial charge in [0, 0.05) is 10.0 Å². The van der Waals surface area contributed by atoms with Gasteiger partial charge in [0.15, 0.2) is 11.1 Å². The fraction of sp³-hybridized carbons (Fsp3) is 0.500. The number of rotatable bonds is 1. The molecule has 1 saturated carbocycles. The van der Waals surface area contributed by atoms with Gasteiger partial charge >= 0.3 is 5.92 Å². The van der Waals surface area contributed by atoms with Gasteiger partial charge in [-0.3, -0.25) is 0 Å². The Balaban J connectivity index is 2.22. The summed E-state index contributed by atoms with van der Waals surface area (Å²) < 4.78 is 49.9. The molecule has 1 aromatic carbocycles. The maximum absolute atomic E-state index is 15.1. The molecule has 3 nitrogen and oxygen atoms in total. The molecule has 1 aliphatic heterocycles. The van der Waals surface area contributed by atoms with E-state index in [4.69, 9.17) is 10.5 Å². The number of benzene rings is 1. The number of nitrogens with zero attached hydrogens (tertiary/aromatic N) is 1. The van der Waals surface area contributed by atoms with Gasteiger partial charge in [0.25, 0.3) is 6.02 Å². The van der Waals surface area contributed by atoms with Crippen molar-refractivity contribution in [2.75, 3.05) is 0 Å². The average molecular weight is 363 g/mol. The van der Waals surface area contributed by atoms with Crippen molar-refractivity contribution in [3.63, 3.8) is 0 Å². The molecule has 1 fully saturated rings. The van der Waals surface area contributed by atoms with Crippen molar-refractivity contribution >= 4 is 22.0 Å². The van der Waals surface area contributed by atoms with Gasteiger partial charge in [-0.25, -0.2) is 9.38 Å². The first kappa shape index (κ1) is 14.7. The summed E-state index contributed by atoms with van der Waals surface area (Å²) >= 11 is 3.18. The number of halogens is 4. The number of aliphatic imine (C=N–C) groups is 1. The highest BCUT2D eigenvalue weighted by molar-refractivity contribution is 9.10. The van der Waals surface area contributed by atoms with Crippen LogP contribution in [0.4, 0.5) is 13.2 Å². The predicted octanol–water partition coefficient (Wildman–Crippen LogP) is 3.71. The highest BCUT2D eigenvalue weighted by atomic mass is 79.9. The van der Waals surface area contributed by atoms with E-state index in [2.05, 4.69) is 20.9 Å². The zero-order chi connectivity index (χ0) is 15.5. The van der Waals surface area contributed by atoms with E-state index in [-0.39, 0.29) is 24.4 Å². The molecule has 1 unspecified atom stereocenters. The molecule has 1 aliphatic carbocycles. The smallest absolute Gasteiger partial charge is 0.315 e. The van der Waals surface area contributed by atoms with Gasteiger partial charge in [0.05, 0.1) is 0 Å². The second-order valence-corrected chi connectivity index (χ2v) is 6.59. The minimum absolute atomic E-state index is 0.182. The van der Waals surface area contributed by atoms with Gasteiger partial charge in [0.1, 0.15) is 5.82 Å². The summed E-state index contributed by atoms with van der Waals surface area (Å²) in [5.74, 6) is -4.10. The lowest BCUT2D eigenvalue weighted by atomic mass is 9.66. The van der Waals surface area contributed by atoms with Gasteiger partial charge in [-0.1, -0.05) is 15.9 Å². The molecule has 1 aromatic rings. The van der Waals surface area contributed by atoms with E-state index in [1.807, 2.05) is 0 Å². The van der Waals surface area contributed by atoms with Crippen LogP contribution in [0.1, 0.15) is 31.7 Å². The van der Waals surface area contributed by atoms with Crippen LogP contribution in [0.15, 0.2) is 27.7 Å². The number of alkyl halides is 2. The molecule has 2 aliphatic rings. The minimum atomic E-state index is -3.36. The van der Waals surface area contributed by atoms with E-state index in [1.54, 1.807) is 0 Å². The van der Waals surface area contributed by atoms with Gasteiger partial charge in [0.2, 0.25) is 0 Å². The molecule has 1 spiro atoms. The van der Waals surface area contributed by atoms with E-state index in [0.717, 1.165) is 6.07 Å². The molecule has 0 saturated heterocycles. The molecule has 1 heterocycles. The summed E-state index contributed by atoms with van der Waals surface area (Å²) in [6.45, 7) is 1.20. The fourth-order valence-electron chi connectivity index (χ4n) is 3.04. The van der Waals surface area contributed by atoms with Crippen LogP contribution in [-0.4, -0.2) is 17.5 Å². The molecule has 0 aromatic heterocycles. The Bertz CT molecular complexity index is 631. The number of ether oxygens (including phenoxy) is 1. The molecule has 1 atom stereocenters. The summed E-state index contributed by atoms with van der Waals surface area (Å²) in [4.78, 5) is 3.78. The quantitative estimate of drug-likeness (QED) is 0.827. The van der Waals surface area contributed by atoms with Crippen LogP contribution in [0.25, 0.3) is 0 Å². The van der Waals surface area contributed by atoms with Crippen LogP contribution in [0.3, 0.4) is 0 Å². The van der Waals surface area contributed by atoms with E-state index in [0.29, 0.717) is 10.9 Å². The van der Waals surface area contributed by atoms with Crippen LogP contribution < -0.4 is 5.73 Å². The predicted molar refractivity (Wildman–Crippen MR) is 75.7 cm³/mol. The maximum Gasteiger partial charge on any atom is 0.315 e. The Morgan fingerprint density at radius 3 is 2.57 bits per heavy atom. The molecule has 3 rings (SSSR count). The third-order valence-electron chi connectivity index (χ3n) is 4.43.